The summed E-state index contributed by atoms with van der Waals surface area (Å²) in [5.74, 6) is 0.371. The Morgan fingerprint density at radius 3 is 2.32 bits per heavy atom. The molecule has 0 aliphatic rings. The first-order valence-electron chi connectivity index (χ1n) is 5.80. The molecule has 0 saturated carbocycles. The van der Waals surface area contributed by atoms with Crippen LogP contribution in [0.15, 0.2) is 18.2 Å². The standard InChI is InChI=1S/C13H18N2O3S/c1-9-5-4-6-10(2)13(9)18-7-11(16)14-15-12(17)8-19-3/h4-6H,7-8H2,1-3H3,(H,14,16)(H,15,17). The van der Waals surface area contributed by atoms with E-state index in [4.69, 9.17) is 4.74 Å². The van der Waals surface area contributed by atoms with Crippen molar-refractivity contribution in [1.29, 1.82) is 0 Å². The minimum atomic E-state index is -0.392. The molecular weight excluding hydrogens is 264 g/mol. The first-order chi connectivity index (χ1) is 9.04. The first-order valence-corrected chi connectivity index (χ1v) is 7.19. The molecular formula is C13H18N2O3S. The quantitative estimate of drug-likeness (QED) is 0.796. The van der Waals surface area contributed by atoms with E-state index in [-0.39, 0.29) is 12.5 Å². The van der Waals surface area contributed by atoms with Gasteiger partial charge in [0.15, 0.2) is 6.61 Å². The van der Waals surface area contributed by atoms with Crippen molar-refractivity contribution in [2.24, 2.45) is 0 Å². The number of ether oxygens (including phenoxy) is 1. The van der Waals surface area contributed by atoms with Gasteiger partial charge in [0.2, 0.25) is 5.91 Å². The monoisotopic (exact) mass is 282 g/mol. The van der Waals surface area contributed by atoms with E-state index in [1.807, 2.05) is 38.3 Å². The Hall–Kier alpha value is -1.69. The highest BCUT2D eigenvalue weighted by atomic mass is 32.2. The van der Waals surface area contributed by atoms with Crippen LogP contribution in [-0.4, -0.2) is 30.4 Å². The third-order valence-corrected chi connectivity index (χ3v) is 2.92. The zero-order chi connectivity index (χ0) is 14.3. The Bertz CT molecular complexity index is 443. The highest BCUT2D eigenvalue weighted by Gasteiger charge is 2.08. The zero-order valence-corrected chi connectivity index (χ0v) is 12.1. The summed E-state index contributed by atoms with van der Waals surface area (Å²) in [6, 6.07) is 5.77. The van der Waals surface area contributed by atoms with E-state index in [9.17, 15) is 9.59 Å². The van der Waals surface area contributed by atoms with Crippen LogP contribution in [0, 0.1) is 13.8 Å². The van der Waals surface area contributed by atoms with Crippen LogP contribution in [0.3, 0.4) is 0 Å². The summed E-state index contributed by atoms with van der Waals surface area (Å²) in [6.07, 6.45) is 1.81. The van der Waals surface area contributed by atoms with E-state index < -0.39 is 5.91 Å². The zero-order valence-electron chi connectivity index (χ0n) is 11.3. The van der Waals surface area contributed by atoms with Gasteiger partial charge in [-0.15, -0.1) is 0 Å². The van der Waals surface area contributed by atoms with Crippen molar-refractivity contribution in [1.82, 2.24) is 10.9 Å². The summed E-state index contributed by atoms with van der Waals surface area (Å²) >= 11 is 1.38. The van der Waals surface area contributed by atoms with Gasteiger partial charge in [-0.3, -0.25) is 20.4 Å². The molecule has 0 aliphatic carbocycles. The highest BCUT2D eigenvalue weighted by Crippen LogP contribution is 2.21. The van der Waals surface area contributed by atoms with Gasteiger partial charge in [-0.2, -0.15) is 11.8 Å². The summed E-state index contributed by atoms with van der Waals surface area (Å²) in [5, 5.41) is 0. The van der Waals surface area contributed by atoms with Gasteiger partial charge in [0, 0.05) is 0 Å². The Morgan fingerprint density at radius 1 is 1.16 bits per heavy atom. The molecule has 0 aromatic heterocycles. The number of carbonyl (C=O) groups is 2. The fraction of sp³-hybridized carbons (Fsp3) is 0.385. The molecule has 19 heavy (non-hydrogen) atoms. The number of hydrogen-bond acceptors (Lipinski definition) is 4. The summed E-state index contributed by atoms with van der Waals surface area (Å²) < 4.78 is 5.45. The Morgan fingerprint density at radius 2 is 1.74 bits per heavy atom. The molecule has 0 saturated heterocycles. The molecule has 2 N–H and O–H groups in total. The molecule has 0 fully saturated rings. The smallest absolute Gasteiger partial charge is 0.276 e. The molecule has 0 unspecified atom stereocenters. The normalized spacial score (nSPS) is 9.84. The number of para-hydroxylation sites is 1. The molecule has 0 bridgehead atoms. The number of rotatable bonds is 5. The number of amides is 2. The third kappa shape index (κ3) is 5.21. The summed E-state index contributed by atoms with van der Waals surface area (Å²) in [4.78, 5) is 22.6. The predicted octanol–water partition coefficient (Wildman–Crippen LogP) is 1.19. The Labute approximate surface area is 117 Å². The summed E-state index contributed by atoms with van der Waals surface area (Å²) in [7, 11) is 0. The lowest BCUT2D eigenvalue weighted by atomic mass is 10.1. The van der Waals surface area contributed by atoms with Crippen molar-refractivity contribution in [3.8, 4) is 5.75 Å². The van der Waals surface area contributed by atoms with Crippen LogP contribution in [-0.2, 0) is 9.59 Å². The Balaban J connectivity index is 2.40. The maximum atomic E-state index is 11.5. The van der Waals surface area contributed by atoms with E-state index in [1.54, 1.807) is 0 Å². The molecule has 6 heteroatoms. The molecule has 5 nitrogen and oxygen atoms in total. The second kappa shape index (κ2) is 7.68. The SMILES string of the molecule is CSCC(=O)NNC(=O)COc1c(C)cccc1C. The van der Waals surface area contributed by atoms with E-state index in [1.165, 1.54) is 11.8 Å². The molecule has 0 radical (unpaired) electrons. The second-order valence-electron chi connectivity index (χ2n) is 4.04. The van der Waals surface area contributed by atoms with E-state index in [0.29, 0.717) is 11.5 Å². The molecule has 1 aromatic carbocycles. The lowest BCUT2D eigenvalue weighted by Gasteiger charge is -2.12. The maximum Gasteiger partial charge on any atom is 0.276 e. The first kappa shape index (κ1) is 15.4. The van der Waals surface area contributed by atoms with Crippen LogP contribution < -0.4 is 15.6 Å². The van der Waals surface area contributed by atoms with Crippen LogP contribution >= 0.6 is 11.8 Å². The van der Waals surface area contributed by atoms with Crippen molar-refractivity contribution in [2.45, 2.75) is 13.8 Å². The van der Waals surface area contributed by atoms with Gasteiger partial charge < -0.3 is 4.74 Å². The molecule has 1 rings (SSSR count). The molecule has 0 aliphatic heterocycles. The predicted molar refractivity (Wildman–Crippen MR) is 76.1 cm³/mol. The van der Waals surface area contributed by atoms with Gasteiger partial charge in [0.1, 0.15) is 5.75 Å². The summed E-state index contributed by atoms with van der Waals surface area (Å²) in [6.45, 7) is 3.70. The minimum absolute atomic E-state index is 0.134. The van der Waals surface area contributed by atoms with Crippen molar-refractivity contribution in [2.75, 3.05) is 18.6 Å². The van der Waals surface area contributed by atoms with Gasteiger partial charge in [0.05, 0.1) is 5.75 Å². The van der Waals surface area contributed by atoms with Crippen LogP contribution in [0.5, 0.6) is 5.75 Å². The van der Waals surface area contributed by atoms with E-state index >= 15 is 0 Å². The number of carbonyl (C=O) groups excluding carboxylic acids is 2. The van der Waals surface area contributed by atoms with Crippen LogP contribution in [0.2, 0.25) is 0 Å². The van der Waals surface area contributed by atoms with Gasteiger partial charge in [0.25, 0.3) is 5.91 Å². The molecule has 2 amide bonds. The lowest BCUT2D eigenvalue weighted by Crippen LogP contribution is -2.44. The van der Waals surface area contributed by atoms with Gasteiger partial charge in [-0.05, 0) is 31.2 Å². The highest BCUT2D eigenvalue weighted by molar-refractivity contribution is 7.99. The minimum Gasteiger partial charge on any atom is -0.483 e. The number of thioether (sulfide) groups is 1. The number of hydrogen-bond donors (Lipinski definition) is 2. The van der Waals surface area contributed by atoms with Crippen LogP contribution in [0.1, 0.15) is 11.1 Å². The average molecular weight is 282 g/mol. The molecule has 104 valence electrons. The number of nitrogens with one attached hydrogen (secondary N) is 2. The summed E-state index contributed by atoms with van der Waals surface area (Å²) in [5.41, 5.74) is 6.55. The maximum absolute atomic E-state index is 11.5. The third-order valence-electron chi connectivity index (χ3n) is 2.37. The van der Waals surface area contributed by atoms with Crippen LogP contribution in [0.25, 0.3) is 0 Å². The van der Waals surface area contributed by atoms with Crippen molar-refractivity contribution in [3.63, 3.8) is 0 Å². The van der Waals surface area contributed by atoms with Gasteiger partial charge in [-0.25, -0.2) is 0 Å². The molecule has 0 spiro atoms. The fourth-order valence-corrected chi connectivity index (χ4v) is 1.84. The number of aryl methyl sites for hydroxylation is 2. The Kier molecular flexibility index (Phi) is 6.21. The van der Waals surface area contributed by atoms with Gasteiger partial charge in [-0.1, -0.05) is 18.2 Å². The second-order valence-corrected chi connectivity index (χ2v) is 4.90. The molecule has 0 atom stereocenters. The average Bonchev–Trinajstić information content (AvgIpc) is 2.36. The number of benzene rings is 1. The van der Waals surface area contributed by atoms with E-state index in [0.717, 1.165) is 11.1 Å². The molecule has 0 heterocycles. The number of hydrazine groups is 1. The van der Waals surface area contributed by atoms with Crippen LogP contribution in [0.4, 0.5) is 0 Å². The van der Waals surface area contributed by atoms with Crippen molar-refractivity contribution in [3.05, 3.63) is 29.3 Å². The molecule has 1 aromatic rings. The van der Waals surface area contributed by atoms with Crippen molar-refractivity contribution < 1.29 is 14.3 Å². The van der Waals surface area contributed by atoms with Crippen molar-refractivity contribution >= 4 is 23.6 Å². The van der Waals surface area contributed by atoms with Gasteiger partial charge >= 0.3 is 0 Å². The fourth-order valence-electron chi connectivity index (χ4n) is 1.51. The lowest BCUT2D eigenvalue weighted by molar-refractivity contribution is -0.128. The largest absolute Gasteiger partial charge is 0.483 e. The topological polar surface area (TPSA) is 67.4 Å². The van der Waals surface area contributed by atoms with E-state index in [2.05, 4.69) is 10.9 Å².